The second kappa shape index (κ2) is 9.71. The molecule has 0 bridgehead atoms. The van der Waals surface area contributed by atoms with Gasteiger partial charge in [0.05, 0.1) is 0 Å². The molecule has 4 N–H and O–H groups in total. The summed E-state index contributed by atoms with van der Waals surface area (Å²) >= 11 is 0. The van der Waals surface area contributed by atoms with Crippen molar-refractivity contribution in [1.82, 2.24) is 20.9 Å². The van der Waals surface area contributed by atoms with Crippen molar-refractivity contribution in [2.75, 3.05) is 27.2 Å². The van der Waals surface area contributed by atoms with Crippen LogP contribution in [0.1, 0.15) is 52.9 Å². The van der Waals surface area contributed by atoms with E-state index in [-0.39, 0.29) is 6.09 Å². The van der Waals surface area contributed by atoms with Crippen LogP contribution in [-0.2, 0) is 4.74 Å². The van der Waals surface area contributed by atoms with Gasteiger partial charge in [0.25, 0.3) is 0 Å². The fourth-order valence-corrected chi connectivity index (χ4v) is 2.94. The van der Waals surface area contributed by atoms with Crippen molar-refractivity contribution in [3.05, 3.63) is 0 Å². The molecule has 7 heteroatoms. The summed E-state index contributed by atoms with van der Waals surface area (Å²) < 4.78 is 5.21. The highest BCUT2D eigenvalue weighted by molar-refractivity contribution is 5.76. The van der Waals surface area contributed by atoms with E-state index < -0.39 is 5.60 Å². The van der Waals surface area contributed by atoms with Gasteiger partial charge in [-0.3, -0.25) is 5.41 Å². The number of amides is 1. The van der Waals surface area contributed by atoms with Gasteiger partial charge in [0, 0.05) is 25.7 Å². The highest BCUT2D eigenvalue weighted by atomic mass is 16.6. The third-order valence-corrected chi connectivity index (χ3v) is 4.23. The number of unbranched alkanes of at least 4 members (excludes halogenated alkanes) is 1. The van der Waals surface area contributed by atoms with E-state index in [1.54, 1.807) is 7.05 Å². The van der Waals surface area contributed by atoms with Gasteiger partial charge in [0.15, 0.2) is 5.96 Å². The normalized spacial score (nSPS) is 20.8. The van der Waals surface area contributed by atoms with E-state index in [9.17, 15) is 4.79 Å². The van der Waals surface area contributed by atoms with E-state index in [0.29, 0.717) is 24.6 Å². The van der Waals surface area contributed by atoms with E-state index in [2.05, 4.69) is 27.9 Å². The minimum atomic E-state index is -0.443. The number of guanidine groups is 1. The van der Waals surface area contributed by atoms with Crippen LogP contribution in [0, 0.1) is 5.41 Å². The molecule has 0 aromatic rings. The minimum Gasteiger partial charge on any atom is -0.444 e. The van der Waals surface area contributed by atoms with E-state index in [0.717, 1.165) is 32.2 Å². The number of carbonyl (C=O) groups is 1. The van der Waals surface area contributed by atoms with Gasteiger partial charge >= 0.3 is 6.09 Å². The molecule has 24 heavy (non-hydrogen) atoms. The van der Waals surface area contributed by atoms with E-state index in [1.165, 1.54) is 6.42 Å². The van der Waals surface area contributed by atoms with Gasteiger partial charge in [-0.25, -0.2) is 4.79 Å². The Hall–Kier alpha value is -1.50. The quantitative estimate of drug-likeness (QED) is 0.323. The number of rotatable bonds is 7. The molecule has 1 rings (SSSR count). The van der Waals surface area contributed by atoms with Crippen molar-refractivity contribution in [2.24, 2.45) is 0 Å². The number of carbonyl (C=O) groups excluding carboxylic acids is 1. The average molecular weight is 342 g/mol. The van der Waals surface area contributed by atoms with Crippen LogP contribution in [0.25, 0.3) is 0 Å². The summed E-state index contributed by atoms with van der Waals surface area (Å²) in [4.78, 5) is 13.9. The highest BCUT2D eigenvalue weighted by Gasteiger charge is 2.27. The molecular formula is C17H35N5O2. The Balaban J connectivity index is 2.11. The highest BCUT2D eigenvalue weighted by Crippen LogP contribution is 2.23. The maximum absolute atomic E-state index is 11.5. The van der Waals surface area contributed by atoms with E-state index >= 15 is 0 Å². The Kier molecular flexibility index (Phi) is 8.31. The number of nitrogens with one attached hydrogen (secondary N) is 4. The smallest absolute Gasteiger partial charge is 0.407 e. The van der Waals surface area contributed by atoms with Crippen LogP contribution in [0.3, 0.4) is 0 Å². The van der Waals surface area contributed by atoms with Crippen molar-refractivity contribution in [1.29, 1.82) is 5.41 Å². The molecule has 0 unspecified atom stereocenters. The van der Waals surface area contributed by atoms with Crippen molar-refractivity contribution >= 4 is 12.1 Å². The summed E-state index contributed by atoms with van der Waals surface area (Å²) in [6.07, 6.45) is 5.01. The molecular weight excluding hydrogens is 306 g/mol. The molecule has 0 heterocycles. The van der Waals surface area contributed by atoms with Crippen LogP contribution in [-0.4, -0.2) is 61.8 Å². The summed E-state index contributed by atoms with van der Waals surface area (Å²) in [5.74, 6) is 0.400. The second-order valence-corrected chi connectivity index (χ2v) is 7.55. The molecule has 0 aliphatic heterocycles. The van der Waals surface area contributed by atoms with Crippen LogP contribution < -0.4 is 16.0 Å². The van der Waals surface area contributed by atoms with Gasteiger partial charge in [-0.15, -0.1) is 0 Å². The predicted octanol–water partition coefficient (Wildman–Crippen LogP) is 1.89. The first-order valence-corrected chi connectivity index (χ1v) is 8.91. The fraction of sp³-hybridized carbons (Fsp3) is 0.882. The molecule has 7 nitrogen and oxygen atoms in total. The van der Waals surface area contributed by atoms with Crippen molar-refractivity contribution in [3.8, 4) is 0 Å². The zero-order chi connectivity index (χ0) is 18.2. The Morgan fingerprint density at radius 2 is 2.00 bits per heavy atom. The first kappa shape index (κ1) is 20.5. The maximum Gasteiger partial charge on any atom is 0.407 e. The Morgan fingerprint density at radius 1 is 1.29 bits per heavy atom. The molecule has 1 amide bonds. The van der Waals surface area contributed by atoms with Gasteiger partial charge in [-0.2, -0.15) is 0 Å². The van der Waals surface area contributed by atoms with Crippen LogP contribution in [0.2, 0.25) is 0 Å². The number of alkyl carbamates (subject to hydrolysis) is 1. The van der Waals surface area contributed by atoms with Gasteiger partial charge < -0.3 is 25.6 Å². The zero-order valence-corrected chi connectivity index (χ0v) is 15.9. The Morgan fingerprint density at radius 3 is 2.62 bits per heavy atom. The predicted molar refractivity (Wildman–Crippen MR) is 97.4 cm³/mol. The number of hydrogen-bond donors (Lipinski definition) is 4. The SMILES string of the molecule is CNC(=N)N[C@H]1CC[C@H](N(C)CCCCNC(=O)OC(C)(C)C)C1. The number of hydrogen-bond acceptors (Lipinski definition) is 4. The first-order valence-electron chi connectivity index (χ1n) is 8.91. The fourth-order valence-electron chi connectivity index (χ4n) is 2.94. The van der Waals surface area contributed by atoms with Gasteiger partial charge in [0.2, 0.25) is 0 Å². The molecule has 0 aromatic carbocycles. The lowest BCUT2D eigenvalue weighted by Gasteiger charge is -2.24. The number of ether oxygens (including phenoxy) is 1. The minimum absolute atomic E-state index is 0.340. The third kappa shape index (κ3) is 8.38. The molecule has 1 saturated carbocycles. The Labute approximate surface area is 146 Å². The topological polar surface area (TPSA) is 89.5 Å². The molecule has 1 aliphatic carbocycles. The monoisotopic (exact) mass is 341 g/mol. The van der Waals surface area contributed by atoms with Crippen molar-refractivity contribution in [3.63, 3.8) is 0 Å². The Bertz CT molecular complexity index is 408. The zero-order valence-electron chi connectivity index (χ0n) is 15.9. The van der Waals surface area contributed by atoms with E-state index in [1.807, 2.05) is 20.8 Å². The van der Waals surface area contributed by atoms with Crippen molar-refractivity contribution < 1.29 is 9.53 Å². The van der Waals surface area contributed by atoms with Gasteiger partial charge in [-0.1, -0.05) is 0 Å². The van der Waals surface area contributed by atoms with Crippen LogP contribution in [0.4, 0.5) is 4.79 Å². The summed E-state index contributed by atoms with van der Waals surface area (Å²) in [6.45, 7) is 7.27. The summed E-state index contributed by atoms with van der Waals surface area (Å²) in [5.41, 5.74) is -0.443. The molecule has 0 radical (unpaired) electrons. The summed E-state index contributed by atoms with van der Waals surface area (Å²) in [7, 11) is 3.93. The summed E-state index contributed by atoms with van der Waals surface area (Å²) in [5, 5.41) is 16.5. The van der Waals surface area contributed by atoms with Crippen LogP contribution in [0.5, 0.6) is 0 Å². The first-order chi connectivity index (χ1) is 11.2. The average Bonchev–Trinajstić information content (AvgIpc) is 2.93. The molecule has 0 aromatic heterocycles. The lowest BCUT2D eigenvalue weighted by atomic mass is 10.2. The van der Waals surface area contributed by atoms with E-state index in [4.69, 9.17) is 10.1 Å². The van der Waals surface area contributed by atoms with Crippen LogP contribution in [0.15, 0.2) is 0 Å². The largest absolute Gasteiger partial charge is 0.444 e. The lowest BCUT2D eigenvalue weighted by Crippen LogP contribution is -2.41. The third-order valence-electron chi connectivity index (χ3n) is 4.23. The molecule has 2 atom stereocenters. The van der Waals surface area contributed by atoms with Gasteiger partial charge in [0.1, 0.15) is 5.60 Å². The lowest BCUT2D eigenvalue weighted by molar-refractivity contribution is 0.0526. The molecule has 1 aliphatic rings. The molecule has 1 fully saturated rings. The van der Waals surface area contributed by atoms with Gasteiger partial charge in [-0.05, 0) is 66.5 Å². The van der Waals surface area contributed by atoms with Crippen LogP contribution >= 0.6 is 0 Å². The molecule has 0 spiro atoms. The second-order valence-electron chi connectivity index (χ2n) is 7.55. The maximum atomic E-state index is 11.5. The standard InChI is InChI=1S/C17H35N5O2/c1-17(2,3)24-16(23)20-10-6-7-11-22(5)14-9-8-13(12-14)21-15(18)19-4/h13-14H,6-12H2,1-5H3,(H,20,23)(H3,18,19,21)/t13-,14-/m0/s1. The molecule has 0 saturated heterocycles. The number of nitrogens with zero attached hydrogens (tertiary/aromatic N) is 1. The van der Waals surface area contributed by atoms with Crippen molar-refractivity contribution in [2.45, 2.75) is 70.6 Å². The molecule has 140 valence electrons. The summed E-state index contributed by atoms with van der Waals surface area (Å²) in [6, 6.07) is 0.970.